The van der Waals surface area contributed by atoms with Crippen molar-refractivity contribution >= 4 is 51.5 Å². The highest BCUT2D eigenvalue weighted by Gasteiger charge is 2.16. The number of methoxy groups -OCH3 is 2. The zero-order valence-electron chi connectivity index (χ0n) is 16.6. The molecule has 0 aliphatic heterocycles. The highest BCUT2D eigenvalue weighted by atomic mass is 35.5. The van der Waals surface area contributed by atoms with E-state index in [1.54, 1.807) is 26.4 Å². The number of nitrogens with zero attached hydrogens (tertiary/aromatic N) is 3. The predicted octanol–water partition coefficient (Wildman–Crippen LogP) is 4.59. The zero-order valence-corrected chi connectivity index (χ0v) is 18.2. The number of anilines is 1. The van der Waals surface area contributed by atoms with E-state index >= 15 is 0 Å². The van der Waals surface area contributed by atoms with E-state index in [0.29, 0.717) is 27.4 Å². The number of fused-ring (bicyclic) bond motifs is 3. The first kappa shape index (κ1) is 20.3. The molecular weight excluding hydrogens is 424 g/mol. The van der Waals surface area contributed by atoms with Gasteiger partial charge in [0.05, 0.1) is 36.2 Å². The Morgan fingerprint density at radius 1 is 1.13 bits per heavy atom. The van der Waals surface area contributed by atoms with Crippen molar-refractivity contribution < 1.29 is 14.3 Å². The third kappa shape index (κ3) is 3.76. The molecule has 0 aliphatic rings. The standard InChI is InChI=1S/C21H19ClN4O3S/c1-12-8-13-9-17(28-2)18(29-3)10-16(13)26-20(12)24-25-21(26)30-11-19(27)23-15-7-5-4-6-14(15)22/h4-10H,11H2,1-3H3,(H,23,27). The average molecular weight is 443 g/mol. The summed E-state index contributed by atoms with van der Waals surface area (Å²) in [6.07, 6.45) is 0. The number of halogens is 1. The Morgan fingerprint density at radius 3 is 2.60 bits per heavy atom. The van der Waals surface area contributed by atoms with Gasteiger partial charge in [0.2, 0.25) is 5.91 Å². The number of pyridine rings is 1. The van der Waals surface area contributed by atoms with Crippen molar-refractivity contribution in [3.05, 3.63) is 53.1 Å². The molecule has 0 atom stereocenters. The van der Waals surface area contributed by atoms with E-state index in [4.69, 9.17) is 21.1 Å². The Bertz CT molecular complexity index is 1260. The summed E-state index contributed by atoms with van der Waals surface area (Å²) in [6.45, 7) is 1.97. The SMILES string of the molecule is COc1cc2cc(C)c3nnc(SCC(=O)Nc4ccccc4Cl)n3c2cc1OC. The largest absolute Gasteiger partial charge is 0.493 e. The highest BCUT2D eigenvalue weighted by Crippen LogP contribution is 2.34. The second kappa shape index (κ2) is 8.41. The Hall–Kier alpha value is -2.97. The number of thioether (sulfide) groups is 1. The number of nitrogens with one attached hydrogen (secondary N) is 1. The van der Waals surface area contributed by atoms with E-state index in [0.717, 1.165) is 22.1 Å². The minimum absolute atomic E-state index is 0.161. The summed E-state index contributed by atoms with van der Waals surface area (Å²) in [5.74, 6) is 1.23. The maximum absolute atomic E-state index is 12.4. The van der Waals surface area contributed by atoms with Gasteiger partial charge in [-0.15, -0.1) is 10.2 Å². The molecule has 0 spiro atoms. The molecule has 0 fully saturated rings. The number of carbonyl (C=O) groups is 1. The molecule has 2 heterocycles. The Labute approximate surface area is 182 Å². The van der Waals surface area contributed by atoms with Crippen molar-refractivity contribution in [2.45, 2.75) is 12.1 Å². The number of aromatic nitrogens is 3. The van der Waals surface area contributed by atoms with Crippen LogP contribution in [0.1, 0.15) is 5.56 Å². The van der Waals surface area contributed by atoms with Crippen LogP contribution in [0.3, 0.4) is 0 Å². The minimum atomic E-state index is -0.180. The molecule has 4 rings (SSSR count). The normalized spacial score (nSPS) is 11.1. The third-order valence-corrected chi connectivity index (χ3v) is 5.87. The minimum Gasteiger partial charge on any atom is -0.493 e. The number of hydrogen-bond donors (Lipinski definition) is 1. The Balaban J connectivity index is 1.67. The second-order valence-corrected chi connectivity index (χ2v) is 7.90. The van der Waals surface area contributed by atoms with E-state index < -0.39 is 0 Å². The zero-order chi connectivity index (χ0) is 21.3. The maximum atomic E-state index is 12.4. The molecule has 154 valence electrons. The van der Waals surface area contributed by atoms with Gasteiger partial charge in [-0.3, -0.25) is 9.20 Å². The number of carbonyl (C=O) groups excluding carboxylic acids is 1. The van der Waals surface area contributed by atoms with Gasteiger partial charge >= 0.3 is 0 Å². The molecule has 0 saturated carbocycles. The number of para-hydroxylation sites is 1. The first-order valence-electron chi connectivity index (χ1n) is 9.09. The lowest BCUT2D eigenvalue weighted by Gasteiger charge is -2.12. The quantitative estimate of drug-likeness (QED) is 0.440. The van der Waals surface area contributed by atoms with Crippen LogP contribution < -0.4 is 14.8 Å². The molecular formula is C21H19ClN4O3S. The number of amides is 1. The summed E-state index contributed by atoms with van der Waals surface area (Å²) in [6, 6.07) is 12.9. The molecule has 1 N–H and O–H groups in total. The summed E-state index contributed by atoms with van der Waals surface area (Å²) < 4.78 is 12.8. The molecule has 4 aromatic rings. The Kier molecular flexibility index (Phi) is 5.69. The molecule has 9 heteroatoms. The van der Waals surface area contributed by atoms with E-state index in [9.17, 15) is 4.79 Å². The van der Waals surface area contributed by atoms with Crippen LogP contribution in [0.5, 0.6) is 11.5 Å². The van der Waals surface area contributed by atoms with Gasteiger partial charge in [0.1, 0.15) is 0 Å². The molecule has 7 nitrogen and oxygen atoms in total. The summed E-state index contributed by atoms with van der Waals surface area (Å²) in [5.41, 5.74) is 3.14. The van der Waals surface area contributed by atoms with Crippen molar-refractivity contribution in [3.63, 3.8) is 0 Å². The van der Waals surface area contributed by atoms with E-state index in [1.807, 2.05) is 41.7 Å². The van der Waals surface area contributed by atoms with Gasteiger partial charge in [0, 0.05) is 11.5 Å². The fraction of sp³-hybridized carbons (Fsp3) is 0.190. The number of rotatable bonds is 6. The van der Waals surface area contributed by atoms with E-state index in [-0.39, 0.29) is 11.7 Å². The van der Waals surface area contributed by atoms with Crippen molar-refractivity contribution in [1.82, 2.24) is 14.6 Å². The van der Waals surface area contributed by atoms with Gasteiger partial charge < -0.3 is 14.8 Å². The molecule has 2 aromatic carbocycles. The highest BCUT2D eigenvalue weighted by molar-refractivity contribution is 7.99. The second-order valence-electron chi connectivity index (χ2n) is 6.55. The van der Waals surface area contributed by atoms with Crippen LogP contribution in [-0.4, -0.2) is 40.5 Å². The summed E-state index contributed by atoms with van der Waals surface area (Å²) in [7, 11) is 3.20. The smallest absolute Gasteiger partial charge is 0.234 e. The van der Waals surface area contributed by atoms with Crippen LogP contribution in [0.4, 0.5) is 5.69 Å². The fourth-order valence-corrected chi connectivity index (χ4v) is 4.13. The molecule has 1 amide bonds. The van der Waals surface area contributed by atoms with Gasteiger partial charge in [-0.25, -0.2) is 0 Å². The van der Waals surface area contributed by atoms with E-state index in [1.165, 1.54) is 11.8 Å². The van der Waals surface area contributed by atoms with Gasteiger partial charge in [-0.2, -0.15) is 0 Å². The van der Waals surface area contributed by atoms with Gasteiger partial charge in [0.25, 0.3) is 0 Å². The topological polar surface area (TPSA) is 77.8 Å². The first-order valence-corrected chi connectivity index (χ1v) is 10.5. The lowest BCUT2D eigenvalue weighted by molar-refractivity contribution is -0.113. The number of hydrogen-bond acceptors (Lipinski definition) is 6. The first-order chi connectivity index (χ1) is 14.5. The molecule has 2 aromatic heterocycles. The summed E-state index contributed by atoms with van der Waals surface area (Å²) in [4.78, 5) is 12.4. The number of ether oxygens (including phenoxy) is 2. The average Bonchev–Trinajstić information content (AvgIpc) is 3.18. The summed E-state index contributed by atoms with van der Waals surface area (Å²) >= 11 is 7.41. The van der Waals surface area contributed by atoms with Crippen LogP contribution in [0, 0.1) is 6.92 Å². The van der Waals surface area contributed by atoms with Crippen LogP contribution in [0.15, 0.2) is 47.6 Å². The van der Waals surface area contributed by atoms with Crippen LogP contribution >= 0.6 is 23.4 Å². The van der Waals surface area contributed by atoms with Crippen molar-refractivity contribution in [3.8, 4) is 11.5 Å². The molecule has 0 unspecified atom stereocenters. The summed E-state index contributed by atoms with van der Waals surface area (Å²) in [5, 5.41) is 13.5. The predicted molar refractivity (Wildman–Crippen MR) is 119 cm³/mol. The molecule has 0 saturated heterocycles. The van der Waals surface area contributed by atoms with Gasteiger partial charge in [-0.05, 0) is 36.8 Å². The molecule has 0 bridgehead atoms. The van der Waals surface area contributed by atoms with Crippen LogP contribution in [-0.2, 0) is 4.79 Å². The van der Waals surface area contributed by atoms with Gasteiger partial charge in [-0.1, -0.05) is 35.5 Å². The van der Waals surface area contributed by atoms with Crippen molar-refractivity contribution in [2.75, 3.05) is 25.3 Å². The molecule has 0 radical (unpaired) electrons. The monoisotopic (exact) mass is 442 g/mol. The lowest BCUT2D eigenvalue weighted by Crippen LogP contribution is -2.14. The van der Waals surface area contributed by atoms with Crippen LogP contribution in [0.2, 0.25) is 5.02 Å². The third-order valence-electron chi connectivity index (χ3n) is 4.61. The van der Waals surface area contributed by atoms with Gasteiger partial charge in [0.15, 0.2) is 22.3 Å². The van der Waals surface area contributed by atoms with Crippen molar-refractivity contribution in [2.24, 2.45) is 0 Å². The molecule has 0 aliphatic carbocycles. The number of aryl methyl sites for hydroxylation is 1. The van der Waals surface area contributed by atoms with E-state index in [2.05, 4.69) is 15.5 Å². The van der Waals surface area contributed by atoms with Crippen LogP contribution in [0.25, 0.3) is 16.6 Å². The maximum Gasteiger partial charge on any atom is 0.234 e. The van der Waals surface area contributed by atoms with Crippen molar-refractivity contribution in [1.29, 1.82) is 0 Å². The lowest BCUT2D eigenvalue weighted by atomic mass is 10.1. The molecule has 30 heavy (non-hydrogen) atoms. The fourth-order valence-electron chi connectivity index (χ4n) is 3.21. The Morgan fingerprint density at radius 2 is 1.87 bits per heavy atom. The number of benzene rings is 2.